The average molecular weight is 469 g/mol. The van der Waals surface area contributed by atoms with Gasteiger partial charge in [-0.15, -0.1) is 5.92 Å². The number of hydrogen-bond donors (Lipinski definition) is 2. The molecule has 0 saturated carbocycles. The van der Waals surface area contributed by atoms with E-state index in [1.165, 1.54) is 28.6 Å². The zero-order chi connectivity index (χ0) is 23.7. The fourth-order valence-corrected chi connectivity index (χ4v) is 4.65. The number of piperazine rings is 1. The molecule has 3 N–H and O–H groups in total. The maximum absolute atomic E-state index is 13.1. The van der Waals surface area contributed by atoms with E-state index in [-0.39, 0.29) is 36.0 Å². The molecule has 1 aromatic heterocycles. The fraction of sp³-hybridized carbons (Fsp3) is 0.400. The predicted molar refractivity (Wildman–Crippen MR) is 112 cm³/mol. The van der Waals surface area contributed by atoms with Gasteiger partial charge in [0.1, 0.15) is 10.9 Å². The second kappa shape index (κ2) is 8.57. The molecule has 12 heteroatoms. The Morgan fingerprint density at radius 1 is 1.16 bits per heavy atom. The summed E-state index contributed by atoms with van der Waals surface area (Å²) in [4.78, 5) is 9.17. The molecule has 172 valence electrons. The zero-order valence-corrected chi connectivity index (χ0v) is 18.2. The van der Waals surface area contributed by atoms with Crippen LogP contribution in [0.25, 0.3) is 0 Å². The molecule has 1 aromatic carbocycles. The first kappa shape index (κ1) is 23.8. The summed E-state index contributed by atoms with van der Waals surface area (Å²) < 4.78 is 66.4. The maximum atomic E-state index is 13.1. The number of nitrogens with two attached hydrogens (primary N) is 1. The third kappa shape index (κ3) is 4.50. The van der Waals surface area contributed by atoms with E-state index in [1.54, 1.807) is 6.92 Å². The van der Waals surface area contributed by atoms with E-state index < -0.39 is 27.8 Å². The number of rotatable bonds is 4. The number of nitrogens with zero attached hydrogens (tertiary/aromatic N) is 4. The van der Waals surface area contributed by atoms with Gasteiger partial charge in [0.05, 0.1) is 12.4 Å². The van der Waals surface area contributed by atoms with Crippen LogP contribution < -0.4 is 10.6 Å². The second-order valence-electron chi connectivity index (χ2n) is 7.36. The van der Waals surface area contributed by atoms with Crippen LogP contribution in [0.5, 0.6) is 0 Å². The van der Waals surface area contributed by atoms with E-state index in [2.05, 4.69) is 21.8 Å². The minimum atomic E-state index is -4.82. The summed E-state index contributed by atoms with van der Waals surface area (Å²) in [6.45, 7) is 2.72. The number of alkyl halides is 3. The number of aromatic nitrogens is 2. The number of halogens is 3. The molecule has 1 fully saturated rings. The van der Waals surface area contributed by atoms with Crippen LogP contribution in [0.3, 0.4) is 0 Å². The number of hydrogen-bond acceptors (Lipinski definition) is 7. The summed E-state index contributed by atoms with van der Waals surface area (Å²) in [5, 5.41) is 9.86. The number of sulfonamides is 1. The predicted octanol–water partition coefficient (Wildman–Crippen LogP) is 1.73. The molecule has 1 aliphatic rings. The number of nitrogen functional groups attached to an aromatic ring is 1. The average Bonchev–Trinajstić information content (AvgIpc) is 2.73. The molecule has 2 aromatic rings. The molecule has 0 unspecified atom stereocenters. The second-order valence-corrected chi connectivity index (χ2v) is 9.30. The van der Waals surface area contributed by atoms with Gasteiger partial charge in [0.2, 0.25) is 16.0 Å². The lowest BCUT2D eigenvalue weighted by Crippen LogP contribution is -2.54. The summed E-state index contributed by atoms with van der Waals surface area (Å²) in [5.41, 5.74) is 2.70. The largest absolute Gasteiger partial charge is 0.421 e. The van der Waals surface area contributed by atoms with Crippen molar-refractivity contribution in [2.24, 2.45) is 0 Å². The van der Waals surface area contributed by atoms with Crippen molar-refractivity contribution in [2.75, 3.05) is 30.3 Å². The monoisotopic (exact) mass is 469 g/mol. The highest BCUT2D eigenvalue weighted by molar-refractivity contribution is 7.89. The SMILES string of the molecule is CC#C[C@H]1CN(S(=O)(=O)c2cnc(N)nc2)CCN1c1ccc([C@@](C)(O)C(F)(F)F)cc1. The smallest absolute Gasteiger partial charge is 0.376 e. The minimum Gasteiger partial charge on any atom is -0.376 e. The molecule has 0 radical (unpaired) electrons. The Kier molecular flexibility index (Phi) is 6.37. The van der Waals surface area contributed by atoms with Crippen LogP contribution in [0, 0.1) is 11.8 Å². The zero-order valence-electron chi connectivity index (χ0n) is 17.3. The normalized spacial score (nSPS) is 19.7. The molecular formula is C20H22F3N5O3S. The Balaban J connectivity index is 1.84. The van der Waals surface area contributed by atoms with Crippen LogP contribution >= 0.6 is 0 Å². The van der Waals surface area contributed by atoms with E-state index in [4.69, 9.17) is 5.73 Å². The number of benzene rings is 1. The van der Waals surface area contributed by atoms with E-state index >= 15 is 0 Å². The Bertz CT molecular complexity index is 1120. The molecule has 32 heavy (non-hydrogen) atoms. The molecule has 1 saturated heterocycles. The first-order valence-corrected chi connectivity index (χ1v) is 11.0. The van der Waals surface area contributed by atoms with Gasteiger partial charge in [-0.2, -0.15) is 17.5 Å². The molecule has 0 spiro atoms. The van der Waals surface area contributed by atoms with E-state index in [9.17, 15) is 26.7 Å². The summed E-state index contributed by atoms with van der Waals surface area (Å²) in [7, 11) is -3.88. The summed E-state index contributed by atoms with van der Waals surface area (Å²) in [6.07, 6.45) is -2.55. The fourth-order valence-electron chi connectivity index (χ4n) is 3.32. The van der Waals surface area contributed by atoms with Crippen LogP contribution in [0.2, 0.25) is 0 Å². The van der Waals surface area contributed by atoms with Crippen molar-refractivity contribution in [3.05, 3.63) is 42.2 Å². The van der Waals surface area contributed by atoms with Gasteiger partial charge in [0.25, 0.3) is 0 Å². The lowest BCUT2D eigenvalue weighted by atomic mass is 9.95. The Morgan fingerprint density at radius 2 is 1.75 bits per heavy atom. The standard InChI is InChI=1S/C20H22F3N5O3S/c1-3-4-16-13-27(32(30,31)17-11-25-18(24)26-12-17)9-10-28(16)15-7-5-14(6-8-15)19(2,29)20(21,22)23/h5-8,11-12,16,29H,9-10,13H2,1-2H3,(H2,24,25,26)/t16-,19+/m0/s1. The lowest BCUT2D eigenvalue weighted by Gasteiger charge is -2.40. The molecule has 3 rings (SSSR count). The van der Waals surface area contributed by atoms with Crippen molar-refractivity contribution in [3.63, 3.8) is 0 Å². The third-order valence-corrected chi connectivity index (χ3v) is 7.07. The van der Waals surface area contributed by atoms with Gasteiger partial charge in [-0.3, -0.25) is 0 Å². The van der Waals surface area contributed by atoms with Crippen LogP contribution in [0.15, 0.2) is 41.6 Å². The van der Waals surface area contributed by atoms with Crippen LogP contribution in [0.4, 0.5) is 24.8 Å². The molecule has 2 heterocycles. The van der Waals surface area contributed by atoms with Crippen LogP contribution in [-0.2, 0) is 15.6 Å². The Morgan fingerprint density at radius 3 is 2.28 bits per heavy atom. The van der Waals surface area contributed by atoms with Gasteiger partial charge < -0.3 is 15.7 Å². The van der Waals surface area contributed by atoms with Gasteiger partial charge in [0, 0.05) is 25.3 Å². The van der Waals surface area contributed by atoms with Gasteiger partial charge in [-0.05, 0) is 31.5 Å². The minimum absolute atomic E-state index is 0.0373. The van der Waals surface area contributed by atoms with Crippen LogP contribution in [0.1, 0.15) is 19.4 Å². The van der Waals surface area contributed by atoms with Crippen molar-refractivity contribution < 1.29 is 26.7 Å². The van der Waals surface area contributed by atoms with Gasteiger partial charge in [-0.1, -0.05) is 18.1 Å². The number of aliphatic hydroxyl groups is 1. The third-order valence-electron chi connectivity index (χ3n) is 5.25. The maximum Gasteiger partial charge on any atom is 0.421 e. The first-order valence-electron chi connectivity index (χ1n) is 9.54. The first-order chi connectivity index (χ1) is 14.9. The van der Waals surface area contributed by atoms with Gasteiger partial charge in [-0.25, -0.2) is 18.4 Å². The van der Waals surface area contributed by atoms with Gasteiger partial charge >= 0.3 is 6.18 Å². The van der Waals surface area contributed by atoms with Crippen molar-refractivity contribution >= 4 is 21.7 Å². The van der Waals surface area contributed by atoms with E-state index in [1.807, 2.05) is 4.90 Å². The van der Waals surface area contributed by atoms with E-state index in [0.29, 0.717) is 12.6 Å². The molecule has 8 nitrogen and oxygen atoms in total. The molecular weight excluding hydrogens is 447 g/mol. The van der Waals surface area contributed by atoms with Crippen molar-refractivity contribution in [1.29, 1.82) is 0 Å². The Hall–Kier alpha value is -2.88. The molecule has 0 bridgehead atoms. The van der Waals surface area contributed by atoms with E-state index in [0.717, 1.165) is 12.4 Å². The molecule has 0 aliphatic carbocycles. The molecule has 1 aliphatic heterocycles. The molecule has 2 atom stereocenters. The summed E-state index contributed by atoms with van der Waals surface area (Å²) in [5.74, 6) is 5.68. The van der Waals surface area contributed by atoms with Crippen molar-refractivity contribution in [3.8, 4) is 11.8 Å². The summed E-state index contributed by atoms with van der Waals surface area (Å²) in [6, 6.07) is 4.78. The van der Waals surface area contributed by atoms with Crippen molar-refractivity contribution in [1.82, 2.24) is 14.3 Å². The summed E-state index contributed by atoms with van der Waals surface area (Å²) >= 11 is 0. The lowest BCUT2D eigenvalue weighted by molar-refractivity contribution is -0.258. The Labute approximate surface area is 183 Å². The highest BCUT2D eigenvalue weighted by atomic mass is 32.2. The number of anilines is 2. The van der Waals surface area contributed by atoms with Crippen LogP contribution in [-0.4, -0.2) is 59.6 Å². The van der Waals surface area contributed by atoms with Crippen molar-refractivity contribution in [2.45, 2.75) is 36.6 Å². The molecule has 0 amide bonds. The quantitative estimate of drug-likeness (QED) is 0.656. The highest BCUT2D eigenvalue weighted by Gasteiger charge is 2.51. The van der Waals surface area contributed by atoms with Gasteiger partial charge in [0.15, 0.2) is 5.60 Å². The topological polar surface area (TPSA) is 113 Å². The highest BCUT2D eigenvalue weighted by Crippen LogP contribution is 2.39.